The Balaban J connectivity index is 1.63. The summed E-state index contributed by atoms with van der Waals surface area (Å²) in [6.07, 6.45) is 1.26. The Morgan fingerprint density at radius 3 is 2.83 bits per heavy atom. The minimum Gasteiger partial charge on any atom is -0.444 e. The molecule has 1 fully saturated rings. The number of hydrogen-bond donors (Lipinski definition) is 2. The number of carbonyl (C=O) groups excluding carboxylic acids is 1. The van der Waals surface area contributed by atoms with Gasteiger partial charge in [-0.15, -0.1) is 0 Å². The zero-order valence-corrected chi connectivity index (χ0v) is 14.8. The van der Waals surface area contributed by atoms with Gasteiger partial charge in [0.15, 0.2) is 5.65 Å². The normalized spacial score (nSPS) is 15.6. The van der Waals surface area contributed by atoms with E-state index in [-0.39, 0.29) is 6.04 Å². The molecule has 3 N–H and O–H groups in total. The van der Waals surface area contributed by atoms with E-state index in [1.165, 1.54) is 0 Å². The van der Waals surface area contributed by atoms with Gasteiger partial charge in [-0.2, -0.15) is 9.61 Å². The molecule has 124 valence electrons. The molecular formula is C14H19BrN6O2. The van der Waals surface area contributed by atoms with Crippen molar-refractivity contribution in [1.29, 1.82) is 0 Å². The summed E-state index contributed by atoms with van der Waals surface area (Å²) in [5.41, 5.74) is 6.17. The molecule has 2 aromatic rings. The van der Waals surface area contributed by atoms with Gasteiger partial charge in [0.05, 0.1) is 16.7 Å². The average Bonchev–Trinajstić information content (AvgIpc) is 2.73. The molecule has 1 aliphatic rings. The van der Waals surface area contributed by atoms with Crippen LogP contribution >= 0.6 is 15.9 Å². The Kier molecular flexibility index (Phi) is 3.83. The van der Waals surface area contributed by atoms with Crippen molar-refractivity contribution < 1.29 is 9.53 Å². The van der Waals surface area contributed by atoms with Gasteiger partial charge in [0.25, 0.3) is 0 Å². The van der Waals surface area contributed by atoms with Crippen LogP contribution in [0.5, 0.6) is 0 Å². The second-order valence-electron chi connectivity index (χ2n) is 6.52. The maximum Gasteiger partial charge on any atom is 0.407 e. The van der Waals surface area contributed by atoms with Crippen LogP contribution in [0.15, 0.2) is 16.7 Å². The van der Waals surface area contributed by atoms with Crippen LogP contribution in [0.25, 0.3) is 5.65 Å². The smallest absolute Gasteiger partial charge is 0.407 e. The van der Waals surface area contributed by atoms with Crippen molar-refractivity contribution in [3.05, 3.63) is 16.7 Å². The third-order valence-corrected chi connectivity index (χ3v) is 3.93. The SMILES string of the molecule is CC(C)(C)OC(=O)NC1CN(c2cc(N)n3ncc(Br)c3n2)C1. The van der Waals surface area contributed by atoms with E-state index in [4.69, 9.17) is 10.5 Å². The molecule has 9 heteroatoms. The number of alkyl carbamates (subject to hydrolysis) is 1. The number of fused-ring (bicyclic) bond motifs is 1. The first-order valence-corrected chi connectivity index (χ1v) is 8.06. The molecule has 0 aliphatic carbocycles. The maximum absolute atomic E-state index is 11.7. The lowest BCUT2D eigenvalue weighted by Crippen LogP contribution is -2.60. The van der Waals surface area contributed by atoms with Crippen LogP contribution in [0.1, 0.15) is 20.8 Å². The Hall–Kier alpha value is -2.03. The molecule has 8 nitrogen and oxygen atoms in total. The first-order chi connectivity index (χ1) is 10.7. The number of amides is 1. The fraction of sp³-hybridized carbons (Fsp3) is 0.500. The zero-order valence-electron chi connectivity index (χ0n) is 13.2. The Bertz CT molecular complexity index is 748. The van der Waals surface area contributed by atoms with Crippen molar-refractivity contribution in [3.63, 3.8) is 0 Å². The molecule has 1 aliphatic heterocycles. The van der Waals surface area contributed by atoms with Gasteiger partial charge >= 0.3 is 6.09 Å². The van der Waals surface area contributed by atoms with Gasteiger partial charge in [0.1, 0.15) is 17.2 Å². The lowest BCUT2D eigenvalue weighted by atomic mass is 10.1. The number of hydrogen-bond acceptors (Lipinski definition) is 6. The molecule has 23 heavy (non-hydrogen) atoms. The Morgan fingerprint density at radius 2 is 2.17 bits per heavy atom. The fourth-order valence-corrected chi connectivity index (χ4v) is 2.69. The number of anilines is 2. The van der Waals surface area contributed by atoms with Crippen LogP contribution in [-0.4, -0.2) is 45.4 Å². The second kappa shape index (κ2) is 5.55. The highest BCUT2D eigenvalue weighted by Gasteiger charge is 2.31. The predicted molar refractivity (Wildman–Crippen MR) is 90.5 cm³/mol. The summed E-state index contributed by atoms with van der Waals surface area (Å²) in [6.45, 7) is 6.84. The van der Waals surface area contributed by atoms with E-state index in [1.54, 1.807) is 16.8 Å². The van der Waals surface area contributed by atoms with Gasteiger partial charge in [-0.1, -0.05) is 0 Å². The van der Waals surface area contributed by atoms with Crippen molar-refractivity contribution in [2.24, 2.45) is 0 Å². The third-order valence-electron chi connectivity index (χ3n) is 3.37. The molecule has 0 atom stereocenters. The molecule has 0 bridgehead atoms. The van der Waals surface area contributed by atoms with Crippen LogP contribution in [0.4, 0.5) is 16.4 Å². The number of nitrogens with zero attached hydrogens (tertiary/aromatic N) is 4. The minimum absolute atomic E-state index is 0.0393. The molecule has 0 unspecified atom stereocenters. The Morgan fingerprint density at radius 1 is 1.48 bits per heavy atom. The third kappa shape index (κ3) is 3.34. The van der Waals surface area contributed by atoms with Gasteiger partial charge in [-0.25, -0.2) is 9.78 Å². The van der Waals surface area contributed by atoms with E-state index >= 15 is 0 Å². The molecule has 1 amide bonds. The first-order valence-electron chi connectivity index (χ1n) is 7.27. The van der Waals surface area contributed by atoms with Crippen LogP contribution in [0.2, 0.25) is 0 Å². The molecule has 0 aromatic carbocycles. The zero-order chi connectivity index (χ0) is 16.8. The van der Waals surface area contributed by atoms with Crippen molar-refractivity contribution in [3.8, 4) is 0 Å². The average molecular weight is 383 g/mol. The highest BCUT2D eigenvalue weighted by atomic mass is 79.9. The van der Waals surface area contributed by atoms with Crippen molar-refractivity contribution in [2.45, 2.75) is 32.4 Å². The molecule has 0 spiro atoms. The van der Waals surface area contributed by atoms with Gasteiger partial charge in [0.2, 0.25) is 0 Å². The summed E-state index contributed by atoms with van der Waals surface area (Å²) >= 11 is 3.40. The second-order valence-corrected chi connectivity index (χ2v) is 7.37. The molecule has 0 saturated carbocycles. The number of carbonyl (C=O) groups is 1. The van der Waals surface area contributed by atoms with E-state index in [9.17, 15) is 4.79 Å². The number of rotatable bonds is 2. The summed E-state index contributed by atoms with van der Waals surface area (Å²) in [7, 11) is 0. The predicted octanol–water partition coefficient (Wildman–Crippen LogP) is 1.79. The summed E-state index contributed by atoms with van der Waals surface area (Å²) in [5.74, 6) is 1.28. The number of nitrogens with two attached hydrogens (primary N) is 1. The van der Waals surface area contributed by atoms with E-state index in [2.05, 4.69) is 31.3 Å². The van der Waals surface area contributed by atoms with Gasteiger partial charge < -0.3 is 20.7 Å². The standard InChI is InChI=1S/C14H19BrN6O2/c1-14(2,3)23-13(22)18-8-6-20(7-8)11-4-10(16)21-12(19-11)9(15)5-17-21/h4-5,8H,6-7,16H2,1-3H3,(H,18,22). The van der Waals surface area contributed by atoms with E-state index in [0.29, 0.717) is 24.6 Å². The van der Waals surface area contributed by atoms with Gasteiger partial charge in [0, 0.05) is 19.2 Å². The number of nitrogen functional groups attached to an aromatic ring is 1. The number of halogens is 1. The lowest BCUT2D eigenvalue weighted by molar-refractivity contribution is 0.0496. The summed E-state index contributed by atoms with van der Waals surface area (Å²) < 4.78 is 7.61. The van der Waals surface area contributed by atoms with E-state index in [0.717, 1.165) is 10.3 Å². The number of ether oxygens (including phenoxy) is 1. The molecule has 1 saturated heterocycles. The fourth-order valence-electron chi connectivity index (χ4n) is 2.34. The molecule has 3 rings (SSSR count). The maximum atomic E-state index is 11.7. The van der Waals surface area contributed by atoms with Crippen LogP contribution < -0.4 is 16.0 Å². The van der Waals surface area contributed by atoms with E-state index < -0.39 is 11.7 Å². The number of aromatic nitrogens is 3. The summed E-state index contributed by atoms with van der Waals surface area (Å²) in [5, 5.41) is 6.98. The monoisotopic (exact) mass is 382 g/mol. The van der Waals surface area contributed by atoms with Gasteiger partial charge in [-0.3, -0.25) is 0 Å². The molecule has 2 aromatic heterocycles. The van der Waals surface area contributed by atoms with Crippen molar-refractivity contribution in [1.82, 2.24) is 19.9 Å². The largest absolute Gasteiger partial charge is 0.444 e. The first kappa shape index (κ1) is 15.9. The summed E-state index contributed by atoms with van der Waals surface area (Å²) in [6, 6.07) is 1.81. The topological polar surface area (TPSA) is 97.8 Å². The molecular weight excluding hydrogens is 364 g/mol. The van der Waals surface area contributed by atoms with Gasteiger partial charge in [-0.05, 0) is 36.7 Å². The molecule has 3 heterocycles. The minimum atomic E-state index is -0.497. The van der Waals surface area contributed by atoms with E-state index in [1.807, 2.05) is 25.7 Å². The highest BCUT2D eigenvalue weighted by Crippen LogP contribution is 2.25. The lowest BCUT2D eigenvalue weighted by Gasteiger charge is -2.40. The summed E-state index contributed by atoms with van der Waals surface area (Å²) in [4.78, 5) is 18.3. The van der Waals surface area contributed by atoms with Crippen LogP contribution in [0, 0.1) is 0 Å². The highest BCUT2D eigenvalue weighted by molar-refractivity contribution is 9.10. The quantitative estimate of drug-likeness (QED) is 0.821. The Labute approximate surface area is 142 Å². The van der Waals surface area contributed by atoms with Crippen LogP contribution in [0.3, 0.4) is 0 Å². The number of nitrogens with one attached hydrogen (secondary N) is 1. The molecule has 0 radical (unpaired) electrons. The van der Waals surface area contributed by atoms with Crippen molar-refractivity contribution >= 4 is 39.3 Å². The van der Waals surface area contributed by atoms with Crippen LogP contribution in [-0.2, 0) is 4.74 Å². The van der Waals surface area contributed by atoms with Crippen molar-refractivity contribution in [2.75, 3.05) is 23.7 Å².